The van der Waals surface area contributed by atoms with E-state index < -0.39 is 0 Å². The Kier molecular flexibility index (Phi) is 2.89. The van der Waals surface area contributed by atoms with Crippen molar-refractivity contribution in [2.45, 2.75) is 44.1 Å². The average Bonchev–Trinajstić information content (AvgIpc) is 2.13. The van der Waals surface area contributed by atoms with Gasteiger partial charge in [-0.25, -0.2) is 0 Å². The molecule has 76 valence electrons. The molecule has 2 heteroatoms. The van der Waals surface area contributed by atoms with Crippen LogP contribution in [0.3, 0.4) is 0 Å². The topological polar surface area (TPSA) is 12.5 Å². The number of methoxy groups -OCH3 is 1. The normalized spacial score (nSPS) is 28.4. The lowest BCUT2D eigenvalue weighted by Crippen LogP contribution is -2.50. The zero-order valence-electron chi connectivity index (χ0n) is 8.72. The molecule has 2 fully saturated rings. The highest BCUT2D eigenvalue weighted by molar-refractivity contribution is 4.92. The van der Waals surface area contributed by atoms with E-state index in [9.17, 15) is 0 Å². The number of hydrogen-bond donors (Lipinski definition) is 0. The first-order chi connectivity index (χ1) is 6.35. The van der Waals surface area contributed by atoms with Gasteiger partial charge in [0.2, 0.25) is 0 Å². The first-order valence-corrected chi connectivity index (χ1v) is 5.62. The Hall–Kier alpha value is -0.0800. The van der Waals surface area contributed by atoms with E-state index in [4.69, 9.17) is 4.74 Å². The lowest BCUT2D eigenvalue weighted by molar-refractivity contribution is -0.0933. The first kappa shape index (κ1) is 9.47. The molecular weight excluding hydrogens is 162 g/mol. The molecule has 0 radical (unpaired) electrons. The van der Waals surface area contributed by atoms with E-state index in [0.29, 0.717) is 0 Å². The van der Waals surface area contributed by atoms with E-state index in [1.807, 2.05) is 7.11 Å². The van der Waals surface area contributed by atoms with Crippen molar-refractivity contribution < 1.29 is 4.74 Å². The average molecular weight is 183 g/mol. The van der Waals surface area contributed by atoms with Gasteiger partial charge in [-0.15, -0.1) is 0 Å². The van der Waals surface area contributed by atoms with Crippen LogP contribution in [0.15, 0.2) is 0 Å². The van der Waals surface area contributed by atoms with Gasteiger partial charge in [0.15, 0.2) is 0 Å². The van der Waals surface area contributed by atoms with Crippen LogP contribution in [0, 0.1) is 0 Å². The Morgan fingerprint density at radius 3 is 2.23 bits per heavy atom. The van der Waals surface area contributed by atoms with E-state index in [1.165, 1.54) is 58.2 Å². The molecule has 0 aromatic rings. The number of piperidine rings is 1. The quantitative estimate of drug-likeness (QED) is 0.664. The third kappa shape index (κ3) is 2.05. The highest BCUT2D eigenvalue weighted by Crippen LogP contribution is 2.36. The Morgan fingerprint density at radius 1 is 1.08 bits per heavy atom. The van der Waals surface area contributed by atoms with Crippen LogP contribution in [-0.2, 0) is 4.74 Å². The summed E-state index contributed by atoms with van der Waals surface area (Å²) < 4.78 is 5.63. The molecule has 0 amide bonds. The van der Waals surface area contributed by atoms with Gasteiger partial charge in [-0.05, 0) is 45.2 Å². The van der Waals surface area contributed by atoms with E-state index in [1.54, 1.807) is 0 Å². The SMILES string of the molecule is COC1(CN2CCCCC2)CCC1. The van der Waals surface area contributed by atoms with Crippen LogP contribution >= 0.6 is 0 Å². The maximum Gasteiger partial charge on any atom is 0.0805 e. The Labute approximate surface area is 81.3 Å². The van der Waals surface area contributed by atoms with Gasteiger partial charge in [-0.2, -0.15) is 0 Å². The summed E-state index contributed by atoms with van der Waals surface area (Å²) in [6.45, 7) is 3.78. The minimum absolute atomic E-state index is 0.247. The molecule has 1 aliphatic heterocycles. The summed E-state index contributed by atoms with van der Waals surface area (Å²) in [6, 6.07) is 0. The van der Waals surface area contributed by atoms with E-state index in [0.717, 1.165) is 0 Å². The van der Waals surface area contributed by atoms with E-state index in [2.05, 4.69) is 4.90 Å². The number of nitrogens with zero attached hydrogens (tertiary/aromatic N) is 1. The molecule has 2 aliphatic rings. The number of ether oxygens (including phenoxy) is 1. The maximum absolute atomic E-state index is 5.63. The second-order valence-electron chi connectivity index (χ2n) is 4.58. The highest BCUT2D eigenvalue weighted by atomic mass is 16.5. The van der Waals surface area contributed by atoms with Crippen molar-refractivity contribution in [2.75, 3.05) is 26.7 Å². The summed E-state index contributed by atoms with van der Waals surface area (Å²) >= 11 is 0. The minimum atomic E-state index is 0.247. The van der Waals surface area contributed by atoms with Crippen LogP contribution in [0.4, 0.5) is 0 Å². The highest BCUT2D eigenvalue weighted by Gasteiger charge is 2.38. The Morgan fingerprint density at radius 2 is 1.77 bits per heavy atom. The second-order valence-corrected chi connectivity index (χ2v) is 4.58. The summed E-state index contributed by atoms with van der Waals surface area (Å²) in [5.41, 5.74) is 0.247. The van der Waals surface area contributed by atoms with Crippen molar-refractivity contribution in [1.29, 1.82) is 0 Å². The van der Waals surface area contributed by atoms with Crippen molar-refractivity contribution in [3.05, 3.63) is 0 Å². The maximum atomic E-state index is 5.63. The smallest absolute Gasteiger partial charge is 0.0805 e. The molecule has 0 bridgehead atoms. The van der Waals surface area contributed by atoms with Crippen LogP contribution in [0.1, 0.15) is 38.5 Å². The number of hydrogen-bond acceptors (Lipinski definition) is 2. The lowest BCUT2D eigenvalue weighted by Gasteiger charge is -2.44. The molecule has 0 aromatic heterocycles. The Balaban J connectivity index is 1.81. The van der Waals surface area contributed by atoms with E-state index in [-0.39, 0.29) is 5.60 Å². The molecule has 1 saturated carbocycles. The van der Waals surface area contributed by atoms with Gasteiger partial charge in [0.25, 0.3) is 0 Å². The van der Waals surface area contributed by atoms with Crippen molar-refractivity contribution in [3.63, 3.8) is 0 Å². The molecular formula is C11H21NO. The third-order valence-electron chi connectivity index (χ3n) is 3.66. The number of rotatable bonds is 3. The molecule has 0 unspecified atom stereocenters. The lowest BCUT2D eigenvalue weighted by atomic mass is 9.79. The standard InChI is InChI=1S/C11H21NO/c1-13-11(6-5-7-11)10-12-8-3-2-4-9-12/h2-10H2,1H3. The molecule has 1 saturated heterocycles. The molecule has 0 atom stereocenters. The van der Waals surface area contributed by atoms with Crippen molar-refractivity contribution in [1.82, 2.24) is 4.90 Å². The van der Waals surface area contributed by atoms with Crippen molar-refractivity contribution in [3.8, 4) is 0 Å². The molecule has 0 spiro atoms. The Bertz CT molecular complexity index is 154. The fraction of sp³-hybridized carbons (Fsp3) is 1.00. The van der Waals surface area contributed by atoms with Gasteiger partial charge >= 0.3 is 0 Å². The molecule has 0 aromatic carbocycles. The summed E-state index contributed by atoms with van der Waals surface area (Å²) in [5, 5.41) is 0. The predicted octanol–water partition coefficient (Wildman–Crippen LogP) is 2.04. The number of likely N-dealkylation sites (tertiary alicyclic amines) is 1. The molecule has 1 heterocycles. The van der Waals surface area contributed by atoms with Crippen LogP contribution in [-0.4, -0.2) is 37.2 Å². The molecule has 0 N–H and O–H groups in total. The van der Waals surface area contributed by atoms with Gasteiger partial charge < -0.3 is 9.64 Å². The summed E-state index contributed by atoms with van der Waals surface area (Å²) in [6.07, 6.45) is 8.12. The molecule has 2 nitrogen and oxygen atoms in total. The van der Waals surface area contributed by atoms with E-state index >= 15 is 0 Å². The van der Waals surface area contributed by atoms with Crippen LogP contribution in [0.25, 0.3) is 0 Å². The van der Waals surface area contributed by atoms with Gasteiger partial charge in [0.05, 0.1) is 5.60 Å². The van der Waals surface area contributed by atoms with Crippen LogP contribution < -0.4 is 0 Å². The van der Waals surface area contributed by atoms with Gasteiger partial charge in [0, 0.05) is 13.7 Å². The fourth-order valence-corrected chi connectivity index (χ4v) is 2.52. The van der Waals surface area contributed by atoms with Crippen molar-refractivity contribution in [2.24, 2.45) is 0 Å². The summed E-state index contributed by atoms with van der Waals surface area (Å²) in [5.74, 6) is 0. The summed E-state index contributed by atoms with van der Waals surface area (Å²) in [7, 11) is 1.88. The largest absolute Gasteiger partial charge is 0.377 e. The fourth-order valence-electron chi connectivity index (χ4n) is 2.52. The second kappa shape index (κ2) is 3.97. The van der Waals surface area contributed by atoms with Gasteiger partial charge in [0.1, 0.15) is 0 Å². The summed E-state index contributed by atoms with van der Waals surface area (Å²) in [4.78, 5) is 2.59. The first-order valence-electron chi connectivity index (χ1n) is 5.62. The van der Waals surface area contributed by atoms with Crippen LogP contribution in [0.5, 0.6) is 0 Å². The van der Waals surface area contributed by atoms with Gasteiger partial charge in [-0.1, -0.05) is 6.42 Å². The third-order valence-corrected chi connectivity index (χ3v) is 3.66. The van der Waals surface area contributed by atoms with Gasteiger partial charge in [-0.3, -0.25) is 0 Å². The molecule has 13 heavy (non-hydrogen) atoms. The molecule has 2 rings (SSSR count). The zero-order chi connectivity index (χ0) is 9.15. The monoisotopic (exact) mass is 183 g/mol. The van der Waals surface area contributed by atoms with Crippen molar-refractivity contribution >= 4 is 0 Å². The zero-order valence-corrected chi connectivity index (χ0v) is 8.72. The van der Waals surface area contributed by atoms with Crippen LogP contribution in [0.2, 0.25) is 0 Å². The molecule has 1 aliphatic carbocycles. The predicted molar refractivity (Wildman–Crippen MR) is 53.9 cm³/mol. The minimum Gasteiger partial charge on any atom is -0.377 e.